The zero-order chi connectivity index (χ0) is 18.9. The summed E-state index contributed by atoms with van der Waals surface area (Å²) in [7, 11) is 0. The largest absolute Gasteiger partial charge is 0.451 e. The van der Waals surface area contributed by atoms with E-state index in [2.05, 4.69) is 5.32 Å². The molecule has 2 aliphatic rings. The molecule has 0 unspecified atom stereocenters. The Labute approximate surface area is 155 Å². The number of esters is 1. The Kier molecular flexibility index (Phi) is 4.92. The van der Waals surface area contributed by atoms with Gasteiger partial charge in [0.1, 0.15) is 6.04 Å². The van der Waals surface area contributed by atoms with Gasteiger partial charge in [0.2, 0.25) is 5.91 Å². The first-order valence-corrected chi connectivity index (χ1v) is 9.30. The van der Waals surface area contributed by atoms with Crippen LogP contribution in [0.15, 0.2) is 24.3 Å². The van der Waals surface area contributed by atoms with Gasteiger partial charge in [0.05, 0.1) is 16.5 Å². The van der Waals surface area contributed by atoms with E-state index < -0.39 is 24.0 Å². The molecule has 2 fully saturated rings. The topological polar surface area (TPSA) is 99.5 Å². The molecule has 0 radical (unpaired) electrons. The van der Waals surface area contributed by atoms with E-state index in [0.717, 1.165) is 0 Å². The highest BCUT2D eigenvalue weighted by Gasteiger charge is 2.53. The smallest absolute Gasteiger partial charge is 0.330 e. The van der Waals surface area contributed by atoms with Crippen molar-refractivity contribution in [3.63, 3.8) is 0 Å². The van der Waals surface area contributed by atoms with Crippen molar-refractivity contribution in [2.45, 2.75) is 43.7 Å². The van der Waals surface area contributed by atoms with Crippen molar-refractivity contribution >= 4 is 35.2 Å². The summed E-state index contributed by atoms with van der Waals surface area (Å²) in [5, 5.41) is 11.5. The molecule has 1 aromatic carbocycles. The van der Waals surface area contributed by atoms with Gasteiger partial charge < -0.3 is 15.0 Å². The Morgan fingerprint density at radius 2 is 2.27 bits per heavy atom. The number of amides is 2. The van der Waals surface area contributed by atoms with Gasteiger partial charge in [-0.3, -0.25) is 9.59 Å². The van der Waals surface area contributed by atoms with Gasteiger partial charge >= 0.3 is 5.97 Å². The first kappa shape index (κ1) is 18.3. The van der Waals surface area contributed by atoms with E-state index in [1.54, 1.807) is 34.9 Å². The molecule has 2 amide bonds. The SMILES string of the molecule is C[C@H](OC(=O)[C@H]1CS[C@@]2(C)CCC(=O)N12)C(=O)Nc1cccc(C#N)c1. The Morgan fingerprint density at radius 3 is 3.00 bits per heavy atom. The standard InChI is InChI=1S/C18H19N3O4S/c1-11(16(23)20-13-5-3-4-12(8-13)9-19)25-17(24)14-10-26-18(2)7-6-15(22)21(14)18/h3-5,8,11,14H,6-7,10H2,1-2H3,(H,20,23)/t11-,14+,18-/m0/s1. The quantitative estimate of drug-likeness (QED) is 0.809. The van der Waals surface area contributed by atoms with E-state index in [4.69, 9.17) is 10.00 Å². The number of nitriles is 1. The summed E-state index contributed by atoms with van der Waals surface area (Å²) in [5.41, 5.74) is 0.873. The van der Waals surface area contributed by atoms with Gasteiger partial charge in [-0.15, -0.1) is 11.8 Å². The molecular weight excluding hydrogens is 354 g/mol. The lowest BCUT2D eigenvalue weighted by Crippen LogP contribution is -2.48. The van der Waals surface area contributed by atoms with Crippen LogP contribution in [0.1, 0.15) is 32.3 Å². The van der Waals surface area contributed by atoms with Crippen LogP contribution in [-0.2, 0) is 19.1 Å². The number of benzene rings is 1. The Morgan fingerprint density at radius 1 is 1.50 bits per heavy atom. The van der Waals surface area contributed by atoms with Crippen LogP contribution >= 0.6 is 11.8 Å². The van der Waals surface area contributed by atoms with Gasteiger partial charge in [0.15, 0.2) is 6.10 Å². The van der Waals surface area contributed by atoms with E-state index >= 15 is 0 Å². The predicted molar refractivity (Wildman–Crippen MR) is 96.1 cm³/mol. The lowest BCUT2D eigenvalue weighted by atomic mass is 10.2. The maximum Gasteiger partial charge on any atom is 0.330 e. The molecule has 26 heavy (non-hydrogen) atoms. The van der Waals surface area contributed by atoms with E-state index in [1.807, 2.05) is 13.0 Å². The highest BCUT2D eigenvalue weighted by molar-refractivity contribution is 8.01. The van der Waals surface area contributed by atoms with Crippen molar-refractivity contribution < 1.29 is 19.1 Å². The lowest BCUT2D eigenvalue weighted by Gasteiger charge is -2.29. The minimum absolute atomic E-state index is 0.0510. The number of nitrogens with one attached hydrogen (secondary N) is 1. The van der Waals surface area contributed by atoms with E-state index in [0.29, 0.717) is 29.8 Å². The first-order valence-electron chi connectivity index (χ1n) is 8.32. The van der Waals surface area contributed by atoms with Crippen molar-refractivity contribution in [1.29, 1.82) is 5.26 Å². The number of hydrogen-bond acceptors (Lipinski definition) is 6. The number of ether oxygens (including phenoxy) is 1. The number of carbonyl (C=O) groups is 3. The summed E-state index contributed by atoms with van der Waals surface area (Å²) >= 11 is 1.57. The van der Waals surface area contributed by atoms with Gasteiger partial charge in [-0.2, -0.15) is 5.26 Å². The van der Waals surface area contributed by atoms with Crippen LogP contribution in [0, 0.1) is 11.3 Å². The van der Waals surface area contributed by atoms with Gasteiger partial charge in [-0.05, 0) is 38.5 Å². The maximum atomic E-state index is 12.5. The second-order valence-corrected chi connectivity index (χ2v) is 8.03. The summed E-state index contributed by atoms with van der Waals surface area (Å²) in [6.45, 7) is 3.43. The third-order valence-corrected chi connectivity index (χ3v) is 6.14. The van der Waals surface area contributed by atoms with Crippen molar-refractivity contribution in [3.8, 4) is 6.07 Å². The van der Waals surface area contributed by atoms with Gasteiger partial charge in [0, 0.05) is 17.9 Å². The number of rotatable bonds is 4. The minimum Gasteiger partial charge on any atom is -0.451 e. The van der Waals surface area contributed by atoms with E-state index in [1.165, 1.54) is 13.0 Å². The van der Waals surface area contributed by atoms with Gasteiger partial charge in [-0.1, -0.05) is 6.07 Å². The Balaban J connectivity index is 1.61. The van der Waals surface area contributed by atoms with E-state index in [-0.39, 0.29) is 10.8 Å². The van der Waals surface area contributed by atoms with Crippen LogP contribution in [-0.4, -0.2) is 45.5 Å². The van der Waals surface area contributed by atoms with Crippen LogP contribution < -0.4 is 5.32 Å². The molecule has 8 heteroatoms. The second kappa shape index (κ2) is 7.00. The zero-order valence-electron chi connectivity index (χ0n) is 14.5. The molecule has 1 N–H and O–H groups in total. The Hall–Kier alpha value is -2.53. The zero-order valence-corrected chi connectivity index (χ0v) is 15.3. The van der Waals surface area contributed by atoms with E-state index in [9.17, 15) is 14.4 Å². The third-order valence-electron chi connectivity index (χ3n) is 4.64. The summed E-state index contributed by atoms with van der Waals surface area (Å²) in [6, 6.07) is 7.80. The molecule has 0 bridgehead atoms. The summed E-state index contributed by atoms with van der Waals surface area (Å²) < 4.78 is 5.30. The highest BCUT2D eigenvalue weighted by atomic mass is 32.2. The van der Waals surface area contributed by atoms with Crippen molar-refractivity contribution in [2.75, 3.05) is 11.1 Å². The van der Waals surface area contributed by atoms with Crippen LogP contribution in [0.5, 0.6) is 0 Å². The van der Waals surface area contributed by atoms with Crippen LogP contribution in [0.2, 0.25) is 0 Å². The number of anilines is 1. The first-order chi connectivity index (χ1) is 12.3. The molecule has 136 valence electrons. The molecule has 2 heterocycles. The van der Waals surface area contributed by atoms with Gasteiger partial charge in [-0.25, -0.2) is 4.79 Å². The van der Waals surface area contributed by atoms with Crippen LogP contribution in [0.25, 0.3) is 0 Å². The summed E-state index contributed by atoms with van der Waals surface area (Å²) in [5.74, 6) is -0.635. The highest BCUT2D eigenvalue weighted by Crippen LogP contribution is 2.47. The molecule has 0 saturated carbocycles. The Bertz CT molecular complexity index is 806. The van der Waals surface area contributed by atoms with Crippen molar-refractivity contribution in [1.82, 2.24) is 4.90 Å². The molecule has 1 aromatic rings. The fourth-order valence-corrected chi connectivity index (χ4v) is 4.63. The molecule has 0 aliphatic carbocycles. The minimum atomic E-state index is -1.01. The van der Waals surface area contributed by atoms with Crippen molar-refractivity contribution in [2.24, 2.45) is 0 Å². The van der Waals surface area contributed by atoms with Crippen LogP contribution in [0.3, 0.4) is 0 Å². The number of fused-ring (bicyclic) bond motifs is 1. The monoisotopic (exact) mass is 373 g/mol. The second-order valence-electron chi connectivity index (χ2n) is 6.53. The van der Waals surface area contributed by atoms with Crippen LogP contribution in [0.4, 0.5) is 5.69 Å². The molecular formula is C18H19N3O4S. The number of hydrogen-bond donors (Lipinski definition) is 1. The summed E-state index contributed by atoms with van der Waals surface area (Å²) in [4.78, 5) is 38.1. The third kappa shape index (κ3) is 3.40. The molecule has 7 nitrogen and oxygen atoms in total. The fourth-order valence-electron chi connectivity index (χ4n) is 3.21. The fraction of sp³-hybridized carbons (Fsp3) is 0.444. The normalized spacial score (nSPS) is 25.3. The summed E-state index contributed by atoms with van der Waals surface area (Å²) in [6.07, 6.45) is 0.132. The van der Waals surface area contributed by atoms with Gasteiger partial charge in [0.25, 0.3) is 5.91 Å². The lowest BCUT2D eigenvalue weighted by molar-refractivity contribution is -0.160. The average Bonchev–Trinajstić information content (AvgIpc) is 3.11. The molecule has 2 saturated heterocycles. The maximum absolute atomic E-state index is 12.5. The predicted octanol–water partition coefficient (Wildman–Crippen LogP) is 1.88. The number of carbonyl (C=O) groups excluding carboxylic acids is 3. The molecule has 0 spiro atoms. The number of nitrogens with zero attached hydrogens (tertiary/aromatic N) is 2. The molecule has 3 atom stereocenters. The number of thioether (sulfide) groups is 1. The average molecular weight is 373 g/mol. The van der Waals surface area contributed by atoms with Crippen molar-refractivity contribution in [3.05, 3.63) is 29.8 Å². The molecule has 2 aliphatic heterocycles. The molecule has 0 aromatic heterocycles. The molecule has 3 rings (SSSR count).